The van der Waals surface area contributed by atoms with Crippen molar-refractivity contribution in [1.29, 1.82) is 0 Å². The number of benzene rings is 1. The Labute approximate surface area is 142 Å². The second-order valence-corrected chi connectivity index (χ2v) is 5.54. The van der Waals surface area contributed by atoms with E-state index in [1.54, 1.807) is 47.8 Å². The molecule has 1 aromatic carbocycles. The number of ether oxygens (including phenoxy) is 1. The maximum atomic E-state index is 9.27. The number of hydrazone groups is 1. The molecule has 6 nitrogen and oxygen atoms in total. The largest absolute Gasteiger partial charge is 0.437 e. The molecule has 1 aliphatic heterocycles. The first kappa shape index (κ1) is 15.6. The molecule has 1 aromatic heterocycles. The summed E-state index contributed by atoms with van der Waals surface area (Å²) in [6.07, 6.45) is 4.11. The van der Waals surface area contributed by atoms with Gasteiger partial charge in [-0.25, -0.2) is 9.99 Å². The Balaban J connectivity index is 1.87. The van der Waals surface area contributed by atoms with Crippen molar-refractivity contribution in [2.75, 3.05) is 6.54 Å². The van der Waals surface area contributed by atoms with E-state index in [0.717, 1.165) is 6.42 Å². The third-order valence-electron chi connectivity index (χ3n) is 3.13. The van der Waals surface area contributed by atoms with Gasteiger partial charge in [0.05, 0.1) is 5.02 Å². The van der Waals surface area contributed by atoms with Gasteiger partial charge < -0.3 is 9.94 Å². The van der Waals surface area contributed by atoms with E-state index in [0.29, 0.717) is 39.6 Å². The van der Waals surface area contributed by atoms with Crippen molar-refractivity contribution >= 4 is 35.3 Å². The smallest absolute Gasteiger partial charge is 0.219 e. The molecule has 0 spiro atoms. The number of rotatable bonds is 3. The number of amidine groups is 1. The summed E-state index contributed by atoms with van der Waals surface area (Å²) in [5.74, 6) is 1.02. The van der Waals surface area contributed by atoms with Crippen LogP contribution in [0.5, 0.6) is 11.6 Å². The lowest BCUT2D eigenvalue weighted by atomic mass is 10.2. The van der Waals surface area contributed by atoms with Crippen LogP contribution >= 0.6 is 23.2 Å². The first-order valence-corrected chi connectivity index (χ1v) is 7.54. The number of oxime groups is 1. The van der Waals surface area contributed by atoms with Crippen LogP contribution < -0.4 is 4.74 Å². The minimum absolute atomic E-state index is 0.302. The fourth-order valence-electron chi connectivity index (χ4n) is 2.09. The van der Waals surface area contributed by atoms with Crippen LogP contribution in [0.25, 0.3) is 0 Å². The third-order valence-corrected chi connectivity index (χ3v) is 3.68. The summed E-state index contributed by atoms with van der Waals surface area (Å²) in [5, 5.41) is 19.3. The number of hydrogen-bond donors (Lipinski definition) is 1. The quantitative estimate of drug-likeness (QED) is 0.393. The lowest BCUT2D eigenvalue weighted by Gasteiger charge is -2.15. The molecule has 0 aliphatic carbocycles. The van der Waals surface area contributed by atoms with E-state index in [1.807, 2.05) is 0 Å². The highest BCUT2D eigenvalue weighted by Gasteiger charge is 2.17. The fourth-order valence-corrected chi connectivity index (χ4v) is 2.40. The summed E-state index contributed by atoms with van der Waals surface area (Å²) >= 11 is 12.0. The maximum absolute atomic E-state index is 9.27. The monoisotopic (exact) mass is 350 g/mol. The fraction of sp³-hybridized carbons (Fsp3) is 0.133. The van der Waals surface area contributed by atoms with Crippen LogP contribution in [-0.2, 0) is 0 Å². The Morgan fingerprint density at radius 2 is 2.13 bits per heavy atom. The van der Waals surface area contributed by atoms with Gasteiger partial charge in [0, 0.05) is 48.1 Å². The van der Waals surface area contributed by atoms with Gasteiger partial charge in [-0.15, -0.1) is 0 Å². The van der Waals surface area contributed by atoms with Crippen LogP contribution in [-0.4, -0.2) is 33.8 Å². The van der Waals surface area contributed by atoms with Crippen molar-refractivity contribution in [1.82, 2.24) is 9.99 Å². The number of aromatic nitrogens is 1. The van der Waals surface area contributed by atoms with Crippen LogP contribution in [0.2, 0.25) is 10.0 Å². The highest BCUT2D eigenvalue weighted by atomic mass is 35.5. The van der Waals surface area contributed by atoms with E-state index in [-0.39, 0.29) is 0 Å². The van der Waals surface area contributed by atoms with Gasteiger partial charge in [-0.1, -0.05) is 28.4 Å². The Morgan fingerprint density at radius 1 is 1.26 bits per heavy atom. The zero-order valence-corrected chi connectivity index (χ0v) is 13.4. The van der Waals surface area contributed by atoms with Crippen molar-refractivity contribution in [2.45, 2.75) is 6.42 Å². The Kier molecular flexibility index (Phi) is 4.64. The predicted molar refractivity (Wildman–Crippen MR) is 88.9 cm³/mol. The average Bonchev–Trinajstić information content (AvgIpc) is 3.06. The van der Waals surface area contributed by atoms with Crippen molar-refractivity contribution in [3.8, 4) is 11.6 Å². The molecule has 0 amide bonds. The van der Waals surface area contributed by atoms with Crippen LogP contribution in [0.1, 0.15) is 12.0 Å². The van der Waals surface area contributed by atoms with Crippen molar-refractivity contribution in [2.24, 2.45) is 10.3 Å². The second-order valence-electron chi connectivity index (χ2n) is 4.69. The first-order valence-electron chi connectivity index (χ1n) is 6.79. The Morgan fingerprint density at radius 3 is 2.87 bits per heavy atom. The van der Waals surface area contributed by atoms with Gasteiger partial charge >= 0.3 is 0 Å². The lowest BCUT2D eigenvalue weighted by Crippen LogP contribution is -2.24. The minimum atomic E-state index is 0.302. The highest BCUT2D eigenvalue weighted by Crippen LogP contribution is 2.31. The van der Waals surface area contributed by atoms with Gasteiger partial charge in [0.2, 0.25) is 5.88 Å². The molecule has 0 unspecified atom stereocenters. The number of hydrogen-bond acceptors (Lipinski definition) is 5. The zero-order valence-electron chi connectivity index (χ0n) is 11.9. The standard InChI is InChI=1S/C15H12Cl2N4O2/c16-11-2-3-12(17)13(9-11)23-14-8-10(4-6-18-14)15(20-22)21-7-1-5-19-21/h2-6,8-9,22H,1,7H2/b20-15-. The van der Waals surface area contributed by atoms with Gasteiger partial charge in [0.1, 0.15) is 5.75 Å². The molecule has 2 aromatic rings. The average molecular weight is 351 g/mol. The summed E-state index contributed by atoms with van der Waals surface area (Å²) in [5.41, 5.74) is 0.620. The minimum Gasteiger partial charge on any atom is -0.437 e. The van der Waals surface area contributed by atoms with E-state index < -0.39 is 0 Å². The highest BCUT2D eigenvalue weighted by molar-refractivity contribution is 6.34. The number of nitrogens with zero attached hydrogens (tertiary/aromatic N) is 4. The zero-order chi connectivity index (χ0) is 16.2. The SMILES string of the molecule is O/N=C(/c1ccnc(Oc2cc(Cl)ccc2Cl)c1)N1CCC=N1. The molecule has 1 aliphatic rings. The molecule has 0 saturated carbocycles. The predicted octanol–water partition coefficient (Wildman–Crippen LogP) is 4.01. The van der Waals surface area contributed by atoms with E-state index in [4.69, 9.17) is 27.9 Å². The number of pyridine rings is 1. The molecule has 0 radical (unpaired) electrons. The summed E-state index contributed by atoms with van der Waals surface area (Å²) in [6, 6.07) is 8.25. The molecule has 23 heavy (non-hydrogen) atoms. The van der Waals surface area contributed by atoms with Gasteiger partial charge in [0.15, 0.2) is 5.84 Å². The van der Waals surface area contributed by atoms with Crippen molar-refractivity contribution in [3.63, 3.8) is 0 Å². The van der Waals surface area contributed by atoms with E-state index >= 15 is 0 Å². The topological polar surface area (TPSA) is 70.3 Å². The molecule has 0 atom stereocenters. The van der Waals surface area contributed by atoms with Crippen LogP contribution in [0, 0.1) is 0 Å². The summed E-state index contributed by atoms with van der Waals surface area (Å²) < 4.78 is 5.67. The van der Waals surface area contributed by atoms with Crippen LogP contribution in [0.15, 0.2) is 46.8 Å². The number of halogens is 2. The molecule has 118 valence electrons. The van der Waals surface area contributed by atoms with Crippen molar-refractivity contribution < 1.29 is 9.94 Å². The Hall–Kier alpha value is -2.31. The lowest BCUT2D eigenvalue weighted by molar-refractivity contribution is 0.305. The Bertz CT molecular complexity index is 780. The van der Waals surface area contributed by atoms with E-state index in [2.05, 4.69) is 15.2 Å². The van der Waals surface area contributed by atoms with Gasteiger partial charge in [-0.2, -0.15) is 5.10 Å². The molecule has 0 bridgehead atoms. The molecule has 0 saturated heterocycles. The first-order chi connectivity index (χ1) is 11.2. The second kappa shape index (κ2) is 6.85. The molecule has 3 rings (SSSR count). The van der Waals surface area contributed by atoms with Crippen molar-refractivity contribution in [3.05, 3.63) is 52.1 Å². The van der Waals surface area contributed by atoms with Gasteiger partial charge in [0.25, 0.3) is 0 Å². The summed E-state index contributed by atoms with van der Waals surface area (Å²) in [4.78, 5) is 4.13. The maximum Gasteiger partial charge on any atom is 0.219 e. The van der Waals surface area contributed by atoms with Crippen LogP contribution in [0.3, 0.4) is 0 Å². The molecule has 0 fully saturated rings. The molecule has 8 heteroatoms. The molecule has 1 N–H and O–H groups in total. The van der Waals surface area contributed by atoms with Gasteiger partial charge in [-0.05, 0) is 18.2 Å². The van der Waals surface area contributed by atoms with Crippen LogP contribution in [0.4, 0.5) is 0 Å². The molecular weight excluding hydrogens is 339 g/mol. The molecule has 2 heterocycles. The van der Waals surface area contributed by atoms with Gasteiger partial charge in [-0.3, -0.25) is 0 Å². The van der Waals surface area contributed by atoms with E-state index in [1.165, 1.54) is 0 Å². The summed E-state index contributed by atoms with van der Waals surface area (Å²) in [7, 11) is 0. The molecular formula is C15H12Cl2N4O2. The summed E-state index contributed by atoms with van der Waals surface area (Å²) in [6.45, 7) is 0.651. The normalized spacial score (nSPS) is 14.3. The third kappa shape index (κ3) is 3.55. The van der Waals surface area contributed by atoms with E-state index in [9.17, 15) is 5.21 Å².